The molecule has 0 unspecified atom stereocenters. The maximum Gasteiger partial charge on any atom is 0.222 e. The number of carbonyl (C=O) groups excluding carboxylic acids is 1. The number of carbonyl (C=O) groups is 1. The third kappa shape index (κ3) is 6.21. The van der Waals surface area contributed by atoms with E-state index in [1.54, 1.807) is 0 Å². The highest BCUT2D eigenvalue weighted by atomic mass is 35.5. The first-order chi connectivity index (χ1) is 11.2. The van der Waals surface area contributed by atoms with Gasteiger partial charge in [-0.1, -0.05) is 6.07 Å². The van der Waals surface area contributed by atoms with Gasteiger partial charge in [-0.25, -0.2) is 0 Å². The van der Waals surface area contributed by atoms with Gasteiger partial charge in [0.15, 0.2) is 11.5 Å². The van der Waals surface area contributed by atoms with Crippen LogP contribution in [0.5, 0.6) is 11.5 Å². The van der Waals surface area contributed by atoms with Crippen molar-refractivity contribution in [3.8, 4) is 11.5 Å². The second kappa shape index (κ2) is 11.2. The van der Waals surface area contributed by atoms with E-state index in [9.17, 15) is 4.79 Å². The Kier molecular flexibility index (Phi) is 9.57. The molecule has 1 aromatic rings. The van der Waals surface area contributed by atoms with Gasteiger partial charge in [-0.3, -0.25) is 4.79 Å². The van der Waals surface area contributed by atoms with E-state index in [-0.39, 0.29) is 12.4 Å². The van der Waals surface area contributed by atoms with Crippen molar-refractivity contribution in [2.45, 2.75) is 39.7 Å². The van der Waals surface area contributed by atoms with E-state index in [1.807, 2.05) is 30.9 Å². The largest absolute Gasteiger partial charge is 0.490 e. The average Bonchev–Trinajstić information content (AvgIpc) is 2.95. The maximum absolute atomic E-state index is 11.5. The molecule has 0 saturated carbocycles. The zero-order valence-corrected chi connectivity index (χ0v) is 15.5. The number of hydrogen-bond donors (Lipinski definition) is 1. The minimum Gasteiger partial charge on any atom is -0.490 e. The number of rotatable bonds is 10. The number of halogens is 1. The van der Waals surface area contributed by atoms with Gasteiger partial charge in [-0.05, 0) is 50.9 Å². The Morgan fingerprint density at radius 3 is 2.58 bits per heavy atom. The van der Waals surface area contributed by atoms with Gasteiger partial charge >= 0.3 is 0 Å². The Balaban J connectivity index is 0.00000288. The SMILES string of the molecule is CCOc1ccc(CNCCCN2CCCC2=O)cc1OCC.Cl. The highest BCUT2D eigenvalue weighted by Gasteiger charge is 2.18. The molecule has 1 heterocycles. The molecule has 1 fully saturated rings. The molecule has 1 aliphatic heterocycles. The summed E-state index contributed by atoms with van der Waals surface area (Å²) in [4.78, 5) is 13.5. The van der Waals surface area contributed by atoms with E-state index < -0.39 is 0 Å². The van der Waals surface area contributed by atoms with E-state index in [0.717, 1.165) is 56.9 Å². The number of hydrogen-bond acceptors (Lipinski definition) is 4. The van der Waals surface area contributed by atoms with E-state index in [2.05, 4.69) is 11.4 Å². The number of benzene rings is 1. The quantitative estimate of drug-likeness (QED) is 0.655. The summed E-state index contributed by atoms with van der Waals surface area (Å²) < 4.78 is 11.2. The predicted molar refractivity (Wildman–Crippen MR) is 98.2 cm³/mol. The number of amides is 1. The summed E-state index contributed by atoms with van der Waals surface area (Å²) in [5.41, 5.74) is 1.18. The highest BCUT2D eigenvalue weighted by molar-refractivity contribution is 5.85. The molecule has 136 valence electrons. The van der Waals surface area contributed by atoms with Gasteiger partial charge in [0.1, 0.15) is 0 Å². The fourth-order valence-electron chi connectivity index (χ4n) is 2.77. The molecule has 6 heteroatoms. The standard InChI is InChI=1S/C18H28N2O3.ClH/c1-3-22-16-9-8-15(13-17(16)23-4-2)14-19-10-6-12-20-11-5-7-18(20)21;/h8-9,13,19H,3-7,10-12,14H2,1-2H3;1H. The summed E-state index contributed by atoms with van der Waals surface area (Å²) >= 11 is 0. The lowest BCUT2D eigenvalue weighted by atomic mass is 10.2. The molecule has 1 aromatic carbocycles. The molecular formula is C18H29ClN2O3. The van der Waals surface area contributed by atoms with Gasteiger partial charge in [0.2, 0.25) is 5.91 Å². The first-order valence-corrected chi connectivity index (χ1v) is 8.61. The lowest BCUT2D eigenvalue weighted by molar-refractivity contribution is -0.127. The molecule has 0 aliphatic carbocycles. The smallest absolute Gasteiger partial charge is 0.222 e. The molecule has 0 spiro atoms. The third-order valence-electron chi connectivity index (χ3n) is 3.89. The van der Waals surface area contributed by atoms with Crippen LogP contribution in [0.1, 0.15) is 38.7 Å². The van der Waals surface area contributed by atoms with Crippen LogP contribution in [0.25, 0.3) is 0 Å². The molecule has 5 nitrogen and oxygen atoms in total. The molecular weight excluding hydrogens is 328 g/mol. The Bertz CT molecular complexity index is 511. The van der Waals surface area contributed by atoms with Crippen LogP contribution in [0, 0.1) is 0 Å². The minimum absolute atomic E-state index is 0. The number of ether oxygens (including phenoxy) is 2. The number of nitrogens with zero attached hydrogens (tertiary/aromatic N) is 1. The number of nitrogens with one attached hydrogen (secondary N) is 1. The van der Waals surface area contributed by atoms with Crippen LogP contribution in [0.3, 0.4) is 0 Å². The fraction of sp³-hybridized carbons (Fsp3) is 0.611. The van der Waals surface area contributed by atoms with Crippen molar-refractivity contribution >= 4 is 18.3 Å². The van der Waals surface area contributed by atoms with E-state index in [0.29, 0.717) is 19.1 Å². The first-order valence-electron chi connectivity index (χ1n) is 8.61. The number of likely N-dealkylation sites (tertiary alicyclic amines) is 1. The van der Waals surface area contributed by atoms with Gasteiger partial charge < -0.3 is 19.7 Å². The normalized spacial score (nSPS) is 13.8. The summed E-state index contributed by atoms with van der Waals surface area (Å²) in [6.07, 6.45) is 2.72. The monoisotopic (exact) mass is 356 g/mol. The molecule has 1 saturated heterocycles. The topological polar surface area (TPSA) is 50.8 Å². The van der Waals surface area contributed by atoms with Crippen LogP contribution in [-0.2, 0) is 11.3 Å². The highest BCUT2D eigenvalue weighted by Crippen LogP contribution is 2.28. The van der Waals surface area contributed by atoms with Gasteiger partial charge in [0.05, 0.1) is 13.2 Å². The van der Waals surface area contributed by atoms with Crippen LogP contribution >= 0.6 is 12.4 Å². The van der Waals surface area contributed by atoms with Crippen molar-refractivity contribution < 1.29 is 14.3 Å². The Hall–Kier alpha value is -1.46. The lowest BCUT2D eigenvalue weighted by Gasteiger charge is -2.15. The van der Waals surface area contributed by atoms with Crippen molar-refractivity contribution in [3.05, 3.63) is 23.8 Å². The molecule has 0 atom stereocenters. The van der Waals surface area contributed by atoms with Crippen LogP contribution in [0.2, 0.25) is 0 Å². The van der Waals surface area contributed by atoms with Gasteiger partial charge in [0, 0.05) is 26.1 Å². The molecule has 2 rings (SSSR count). The Morgan fingerprint density at radius 2 is 1.92 bits per heavy atom. The molecule has 1 N–H and O–H groups in total. The van der Waals surface area contributed by atoms with Crippen molar-refractivity contribution in [2.24, 2.45) is 0 Å². The van der Waals surface area contributed by atoms with E-state index >= 15 is 0 Å². The van der Waals surface area contributed by atoms with Crippen LogP contribution < -0.4 is 14.8 Å². The zero-order valence-electron chi connectivity index (χ0n) is 14.7. The zero-order chi connectivity index (χ0) is 16.5. The Morgan fingerprint density at radius 1 is 1.17 bits per heavy atom. The van der Waals surface area contributed by atoms with E-state index in [4.69, 9.17) is 9.47 Å². The van der Waals surface area contributed by atoms with Crippen LogP contribution in [-0.4, -0.2) is 43.7 Å². The summed E-state index contributed by atoms with van der Waals surface area (Å²) in [5.74, 6) is 1.90. The molecule has 0 bridgehead atoms. The lowest BCUT2D eigenvalue weighted by Crippen LogP contribution is -2.28. The second-order valence-corrected chi connectivity index (χ2v) is 5.66. The molecule has 0 aromatic heterocycles. The van der Waals surface area contributed by atoms with Crippen LogP contribution in [0.15, 0.2) is 18.2 Å². The predicted octanol–water partition coefficient (Wildman–Crippen LogP) is 3.01. The third-order valence-corrected chi connectivity index (χ3v) is 3.89. The first kappa shape index (κ1) is 20.6. The summed E-state index contributed by atoms with van der Waals surface area (Å²) in [5, 5.41) is 3.43. The molecule has 0 radical (unpaired) electrons. The molecule has 24 heavy (non-hydrogen) atoms. The van der Waals surface area contributed by atoms with Gasteiger partial charge in [0.25, 0.3) is 0 Å². The fourth-order valence-corrected chi connectivity index (χ4v) is 2.77. The van der Waals surface area contributed by atoms with Crippen molar-refractivity contribution in [2.75, 3.05) is 32.8 Å². The molecule has 1 aliphatic rings. The Labute approximate surface area is 151 Å². The molecule has 1 amide bonds. The van der Waals surface area contributed by atoms with Crippen molar-refractivity contribution in [1.29, 1.82) is 0 Å². The minimum atomic E-state index is 0. The van der Waals surface area contributed by atoms with Crippen molar-refractivity contribution in [3.63, 3.8) is 0 Å². The van der Waals surface area contributed by atoms with Gasteiger partial charge in [-0.2, -0.15) is 0 Å². The van der Waals surface area contributed by atoms with Crippen LogP contribution in [0.4, 0.5) is 0 Å². The van der Waals surface area contributed by atoms with Crippen molar-refractivity contribution in [1.82, 2.24) is 10.2 Å². The summed E-state index contributed by atoms with van der Waals surface area (Å²) in [7, 11) is 0. The summed E-state index contributed by atoms with van der Waals surface area (Å²) in [6, 6.07) is 6.06. The van der Waals surface area contributed by atoms with E-state index in [1.165, 1.54) is 5.56 Å². The summed E-state index contributed by atoms with van der Waals surface area (Å²) in [6.45, 7) is 8.68. The second-order valence-electron chi connectivity index (χ2n) is 5.66. The maximum atomic E-state index is 11.5. The van der Waals surface area contributed by atoms with Gasteiger partial charge in [-0.15, -0.1) is 12.4 Å². The average molecular weight is 357 g/mol.